The normalized spacial score (nSPS) is 10.7. The van der Waals surface area contributed by atoms with Gasteiger partial charge in [0, 0.05) is 0 Å². The van der Waals surface area contributed by atoms with Crippen LogP contribution in [0.1, 0.15) is 30.9 Å². The number of rotatable bonds is 3. The molecule has 0 unspecified atom stereocenters. The van der Waals surface area contributed by atoms with E-state index in [1.54, 1.807) is 0 Å². The van der Waals surface area contributed by atoms with Crippen LogP contribution in [0.25, 0.3) is 0 Å². The van der Waals surface area contributed by atoms with E-state index >= 15 is 0 Å². The van der Waals surface area contributed by atoms with Gasteiger partial charge in [0.25, 0.3) is 0 Å². The average Bonchev–Trinajstić information content (AvgIpc) is 2.32. The summed E-state index contributed by atoms with van der Waals surface area (Å²) in [4.78, 5) is 7.78. The van der Waals surface area contributed by atoms with E-state index in [0.29, 0.717) is 11.7 Å². The van der Waals surface area contributed by atoms with Gasteiger partial charge in [-0.15, -0.1) is 0 Å². The number of aryl methyl sites for hydroxylation is 1. The van der Waals surface area contributed by atoms with E-state index in [1.165, 1.54) is 6.20 Å². The topological polar surface area (TPSA) is 87.0 Å². The summed E-state index contributed by atoms with van der Waals surface area (Å²) in [6.07, 6.45) is 1.49. The summed E-state index contributed by atoms with van der Waals surface area (Å²) in [5.41, 5.74) is 13.5. The van der Waals surface area contributed by atoms with Gasteiger partial charge in [-0.25, -0.2) is 4.98 Å². The van der Waals surface area contributed by atoms with Crippen molar-refractivity contribution in [2.45, 2.75) is 26.7 Å². The van der Waals surface area contributed by atoms with Gasteiger partial charge in [-0.2, -0.15) is 4.98 Å². The number of nitrogen functional groups attached to an aromatic ring is 2. The van der Waals surface area contributed by atoms with E-state index in [-0.39, 0.29) is 11.8 Å². The van der Waals surface area contributed by atoms with E-state index in [4.69, 9.17) is 16.2 Å². The second kappa shape index (κ2) is 5.14. The smallest absolute Gasteiger partial charge is 0.222 e. The minimum absolute atomic E-state index is 0.137. The van der Waals surface area contributed by atoms with E-state index in [9.17, 15) is 0 Å². The van der Waals surface area contributed by atoms with Crippen LogP contribution >= 0.6 is 0 Å². The van der Waals surface area contributed by atoms with Gasteiger partial charge in [-0.05, 0) is 30.0 Å². The first kappa shape index (κ1) is 13.1. The van der Waals surface area contributed by atoms with Crippen molar-refractivity contribution in [1.29, 1.82) is 0 Å². The van der Waals surface area contributed by atoms with Gasteiger partial charge in [0.05, 0.1) is 6.20 Å². The van der Waals surface area contributed by atoms with Crippen LogP contribution in [0.2, 0.25) is 0 Å². The molecule has 1 aromatic carbocycles. The Bertz CT molecular complexity index is 596. The highest BCUT2D eigenvalue weighted by Gasteiger charge is 2.11. The van der Waals surface area contributed by atoms with Gasteiger partial charge in [-0.3, -0.25) is 0 Å². The second-order valence-electron chi connectivity index (χ2n) is 4.78. The first-order valence-corrected chi connectivity index (χ1v) is 6.13. The molecule has 2 rings (SSSR count). The van der Waals surface area contributed by atoms with Crippen molar-refractivity contribution >= 4 is 11.8 Å². The third kappa shape index (κ3) is 2.93. The monoisotopic (exact) mass is 258 g/mol. The fraction of sp³-hybridized carbons (Fsp3) is 0.286. The highest BCUT2D eigenvalue weighted by Crippen LogP contribution is 2.33. The summed E-state index contributed by atoms with van der Waals surface area (Å²) in [7, 11) is 0. The predicted molar refractivity (Wildman–Crippen MR) is 76.2 cm³/mol. The lowest BCUT2D eigenvalue weighted by atomic mass is 10.0. The molecule has 100 valence electrons. The Kier molecular flexibility index (Phi) is 3.55. The minimum Gasteiger partial charge on any atom is -0.452 e. The molecule has 0 spiro atoms. The summed E-state index contributed by atoms with van der Waals surface area (Å²) < 4.78 is 5.83. The first-order chi connectivity index (χ1) is 8.97. The summed E-state index contributed by atoms with van der Waals surface area (Å²) >= 11 is 0. The van der Waals surface area contributed by atoms with Crippen molar-refractivity contribution in [2.24, 2.45) is 0 Å². The Labute approximate surface area is 112 Å². The molecule has 0 saturated heterocycles. The van der Waals surface area contributed by atoms with Gasteiger partial charge in [-0.1, -0.05) is 26.0 Å². The molecule has 4 N–H and O–H groups in total. The number of hydrogen-bond acceptors (Lipinski definition) is 5. The molecule has 0 aliphatic carbocycles. The molecule has 1 heterocycles. The molecular weight excluding hydrogens is 240 g/mol. The minimum atomic E-state index is 0.137. The molecule has 0 fully saturated rings. The van der Waals surface area contributed by atoms with Crippen LogP contribution in [0.3, 0.4) is 0 Å². The Balaban J connectivity index is 2.39. The van der Waals surface area contributed by atoms with Crippen LogP contribution in [-0.4, -0.2) is 9.97 Å². The number of benzene rings is 1. The first-order valence-electron chi connectivity index (χ1n) is 6.13. The van der Waals surface area contributed by atoms with Crippen LogP contribution in [0.4, 0.5) is 11.8 Å². The number of nitrogens with two attached hydrogens (primary N) is 2. The summed E-state index contributed by atoms with van der Waals surface area (Å²) in [5.74, 6) is 1.92. The third-order valence-corrected chi connectivity index (χ3v) is 2.81. The molecule has 19 heavy (non-hydrogen) atoms. The van der Waals surface area contributed by atoms with Gasteiger partial charge >= 0.3 is 0 Å². The Hall–Kier alpha value is -2.30. The van der Waals surface area contributed by atoms with Gasteiger partial charge in [0.15, 0.2) is 11.6 Å². The zero-order chi connectivity index (χ0) is 14.0. The van der Waals surface area contributed by atoms with Gasteiger partial charge < -0.3 is 16.2 Å². The molecule has 0 aliphatic rings. The summed E-state index contributed by atoms with van der Waals surface area (Å²) in [5, 5.41) is 0. The third-order valence-electron chi connectivity index (χ3n) is 2.81. The maximum absolute atomic E-state index is 5.83. The van der Waals surface area contributed by atoms with E-state index in [0.717, 1.165) is 16.9 Å². The van der Waals surface area contributed by atoms with Crippen molar-refractivity contribution in [2.75, 3.05) is 11.5 Å². The number of hydrogen-bond donors (Lipinski definition) is 2. The largest absolute Gasteiger partial charge is 0.452 e. The fourth-order valence-electron chi connectivity index (χ4n) is 1.80. The Morgan fingerprint density at radius 3 is 2.53 bits per heavy atom. The molecule has 2 aromatic rings. The second-order valence-corrected chi connectivity index (χ2v) is 4.78. The predicted octanol–water partition coefficient (Wildman–Crippen LogP) is 2.87. The average molecular weight is 258 g/mol. The standard InChI is InChI=1S/C14H18N4O/c1-8(2)10-5-4-9(3)6-11(10)19-12-7-17-14(16)18-13(12)15/h4-8H,1-3H3,(H4,15,16,17,18). The number of aromatic nitrogens is 2. The van der Waals surface area contributed by atoms with Gasteiger partial charge in [0.2, 0.25) is 5.95 Å². The molecule has 0 radical (unpaired) electrons. The Morgan fingerprint density at radius 2 is 1.89 bits per heavy atom. The van der Waals surface area contributed by atoms with E-state index in [1.807, 2.05) is 13.0 Å². The molecule has 0 amide bonds. The molecule has 0 atom stereocenters. The SMILES string of the molecule is Cc1ccc(C(C)C)c(Oc2cnc(N)nc2N)c1. The number of ether oxygens (including phenoxy) is 1. The van der Waals surface area contributed by atoms with Crippen LogP contribution in [0.15, 0.2) is 24.4 Å². The fourth-order valence-corrected chi connectivity index (χ4v) is 1.80. The van der Waals surface area contributed by atoms with Crippen LogP contribution in [0, 0.1) is 6.92 Å². The number of nitrogens with zero attached hydrogens (tertiary/aromatic N) is 2. The van der Waals surface area contributed by atoms with Crippen molar-refractivity contribution in [1.82, 2.24) is 9.97 Å². The molecular formula is C14H18N4O. The molecule has 0 saturated carbocycles. The van der Waals surface area contributed by atoms with Crippen LogP contribution in [0.5, 0.6) is 11.5 Å². The lowest BCUT2D eigenvalue weighted by molar-refractivity contribution is 0.471. The van der Waals surface area contributed by atoms with Crippen molar-refractivity contribution in [3.05, 3.63) is 35.5 Å². The zero-order valence-electron chi connectivity index (χ0n) is 11.3. The summed E-state index contributed by atoms with van der Waals surface area (Å²) in [6.45, 7) is 6.24. The van der Waals surface area contributed by atoms with E-state index in [2.05, 4.69) is 35.9 Å². The molecule has 5 heteroatoms. The highest BCUT2D eigenvalue weighted by molar-refractivity contribution is 5.50. The maximum atomic E-state index is 5.83. The maximum Gasteiger partial charge on any atom is 0.222 e. The number of anilines is 2. The lowest BCUT2D eigenvalue weighted by Crippen LogP contribution is -2.02. The quantitative estimate of drug-likeness (QED) is 0.883. The van der Waals surface area contributed by atoms with E-state index < -0.39 is 0 Å². The molecule has 0 aliphatic heterocycles. The molecule has 1 aromatic heterocycles. The van der Waals surface area contributed by atoms with Crippen LogP contribution in [-0.2, 0) is 0 Å². The highest BCUT2D eigenvalue weighted by atomic mass is 16.5. The van der Waals surface area contributed by atoms with Crippen molar-refractivity contribution in [3.63, 3.8) is 0 Å². The van der Waals surface area contributed by atoms with Crippen molar-refractivity contribution in [3.8, 4) is 11.5 Å². The lowest BCUT2D eigenvalue weighted by Gasteiger charge is -2.15. The van der Waals surface area contributed by atoms with Crippen LogP contribution < -0.4 is 16.2 Å². The Morgan fingerprint density at radius 1 is 1.16 bits per heavy atom. The zero-order valence-corrected chi connectivity index (χ0v) is 11.3. The van der Waals surface area contributed by atoms with Crippen molar-refractivity contribution < 1.29 is 4.74 Å². The van der Waals surface area contributed by atoms with Gasteiger partial charge in [0.1, 0.15) is 5.75 Å². The summed E-state index contributed by atoms with van der Waals surface area (Å²) in [6, 6.07) is 6.10. The molecule has 5 nitrogen and oxygen atoms in total. The molecule has 0 bridgehead atoms.